The van der Waals surface area contributed by atoms with Gasteiger partial charge in [-0.15, -0.1) is 0 Å². The lowest BCUT2D eigenvalue weighted by Gasteiger charge is -2.20. The van der Waals surface area contributed by atoms with Gasteiger partial charge in [0.2, 0.25) is 0 Å². The van der Waals surface area contributed by atoms with Gasteiger partial charge in [-0.3, -0.25) is 9.59 Å². The zero-order chi connectivity index (χ0) is 18.2. The van der Waals surface area contributed by atoms with Crippen LogP contribution in [0.15, 0.2) is 30.5 Å². The number of aryl methyl sites for hydroxylation is 1. The number of para-hydroxylation sites is 1. The molecule has 0 spiro atoms. The van der Waals surface area contributed by atoms with Gasteiger partial charge in [0.05, 0.1) is 0 Å². The van der Waals surface area contributed by atoms with E-state index in [4.69, 9.17) is 4.74 Å². The largest absolute Gasteiger partial charge is 0.456 e. The van der Waals surface area contributed by atoms with Crippen LogP contribution in [-0.2, 0) is 20.7 Å². The molecule has 26 heavy (non-hydrogen) atoms. The van der Waals surface area contributed by atoms with Gasteiger partial charge in [-0.05, 0) is 30.9 Å². The number of nitrogens with one attached hydrogen (secondary N) is 2. The van der Waals surface area contributed by atoms with Crippen molar-refractivity contribution in [1.29, 1.82) is 0 Å². The number of hydrogen-bond acceptors (Lipinski definition) is 3. The van der Waals surface area contributed by atoms with E-state index >= 15 is 0 Å². The summed E-state index contributed by atoms with van der Waals surface area (Å²) in [6, 6.07) is 8.24. The van der Waals surface area contributed by atoms with E-state index in [1.165, 1.54) is 19.3 Å². The smallest absolute Gasteiger partial charge is 0.306 e. The van der Waals surface area contributed by atoms with Crippen molar-refractivity contribution in [2.75, 3.05) is 6.61 Å². The molecule has 0 atom stereocenters. The molecule has 0 unspecified atom stereocenters. The Balaban J connectivity index is 1.38. The van der Waals surface area contributed by atoms with E-state index in [9.17, 15) is 9.59 Å². The predicted molar refractivity (Wildman–Crippen MR) is 102 cm³/mol. The number of rotatable bonds is 6. The van der Waals surface area contributed by atoms with Crippen LogP contribution in [0.25, 0.3) is 10.9 Å². The van der Waals surface area contributed by atoms with Crippen LogP contribution in [0.3, 0.4) is 0 Å². The van der Waals surface area contributed by atoms with Crippen LogP contribution < -0.4 is 5.32 Å². The highest BCUT2D eigenvalue weighted by atomic mass is 16.5. The first-order valence-electron chi connectivity index (χ1n) is 9.72. The Morgan fingerprint density at radius 3 is 2.62 bits per heavy atom. The number of ether oxygens (including phenoxy) is 1. The molecule has 1 aliphatic carbocycles. The number of aromatic nitrogens is 1. The van der Waals surface area contributed by atoms with Gasteiger partial charge in [0, 0.05) is 29.6 Å². The fourth-order valence-electron chi connectivity index (χ4n) is 3.66. The second kappa shape index (κ2) is 9.41. The van der Waals surface area contributed by atoms with E-state index < -0.39 is 0 Å². The first kappa shape index (κ1) is 18.5. The van der Waals surface area contributed by atoms with Crippen LogP contribution in [0, 0.1) is 0 Å². The highest BCUT2D eigenvalue weighted by Crippen LogP contribution is 2.19. The molecule has 1 aliphatic rings. The lowest BCUT2D eigenvalue weighted by atomic mass is 9.97. The number of aromatic amines is 1. The molecule has 1 fully saturated rings. The summed E-state index contributed by atoms with van der Waals surface area (Å²) in [5.74, 6) is -0.515. The zero-order valence-corrected chi connectivity index (χ0v) is 15.3. The molecular formula is C21H28N2O3. The summed E-state index contributed by atoms with van der Waals surface area (Å²) in [5, 5.41) is 4.14. The van der Waals surface area contributed by atoms with Crippen molar-refractivity contribution in [3.63, 3.8) is 0 Å². The lowest BCUT2D eigenvalue weighted by Crippen LogP contribution is -2.38. The number of carbonyl (C=O) groups is 2. The summed E-state index contributed by atoms with van der Waals surface area (Å²) in [4.78, 5) is 27.2. The van der Waals surface area contributed by atoms with Crippen LogP contribution >= 0.6 is 0 Å². The summed E-state index contributed by atoms with van der Waals surface area (Å²) >= 11 is 0. The average Bonchev–Trinajstić information content (AvgIpc) is 3.03. The van der Waals surface area contributed by atoms with Gasteiger partial charge in [0.25, 0.3) is 5.91 Å². The van der Waals surface area contributed by atoms with Crippen LogP contribution in [-0.4, -0.2) is 29.5 Å². The van der Waals surface area contributed by atoms with E-state index in [1.54, 1.807) is 0 Å². The average molecular weight is 356 g/mol. The van der Waals surface area contributed by atoms with Crippen molar-refractivity contribution in [2.45, 2.75) is 63.8 Å². The second-order valence-electron chi connectivity index (χ2n) is 7.13. The van der Waals surface area contributed by atoms with E-state index in [-0.39, 0.29) is 30.9 Å². The number of esters is 1. The third-order valence-electron chi connectivity index (χ3n) is 5.11. The number of H-pyrrole nitrogens is 1. The monoisotopic (exact) mass is 356 g/mol. The van der Waals surface area contributed by atoms with Crippen molar-refractivity contribution < 1.29 is 14.3 Å². The number of hydrogen-bond donors (Lipinski definition) is 2. The van der Waals surface area contributed by atoms with E-state index in [2.05, 4.69) is 10.3 Å². The van der Waals surface area contributed by atoms with Gasteiger partial charge in [-0.2, -0.15) is 0 Å². The lowest BCUT2D eigenvalue weighted by molar-refractivity contribution is -0.148. The normalized spacial score (nSPS) is 16.0. The van der Waals surface area contributed by atoms with Gasteiger partial charge < -0.3 is 15.0 Å². The van der Waals surface area contributed by atoms with E-state index in [0.717, 1.165) is 42.1 Å². The predicted octanol–water partition coefficient (Wildman–Crippen LogP) is 3.87. The minimum absolute atomic E-state index is 0.177. The maximum atomic E-state index is 12.0. The molecule has 0 bridgehead atoms. The van der Waals surface area contributed by atoms with Crippen LogP contribution in [0.1, 0.15) is 56.9 Å². The van der Waals surface area contributed by atoms with Crippen LogP contribution in [0.5, 0.6) is 0 Å². The van der Waals surface area contributed by atoms with Crippen molar-refractivity contribution in [3.8, 4) is 0 Å². The third kappa shape index (κ3) is 5.35. The fourth-order valence-corrected chi connectivity index (χ4v) is 3.66. The molecule has 1 aromatic carbocycles. The first-order chi connectivity index (χ1) is 12.7. The number of fused-ring (bicyclic) bond motifs is 1. The Bertz CT molecular complexity index is 730. The zero-order valence-electron chi connectivity index (χ0n) is 15.3. The molecule has 1 heterocycles. The summed E-state index contributed by atoms with van der Waals surface area (Å²) < 4.78 is 5.15. The summed E-state index contributed by atoms with van der Waals surface area (Å²) in [6.45, 7) is -0.177. The molecule has 2 aromatic rings. The Labute approximate surface area is 154 Å². The van der Waals surface area contributed by atoms with E-state index in [1.807, 2.05) is 30.5 Å². The minimum Gasteiger partial charge on any atom is -0.456 e. The van der Waals surface area contributed by atoms with Gasteiger partial charge >= 0.3 is 5.97 Å². The SMILES string of the molecule is O=C(COC(=O)CCc1c[nH]c2ccccc12)NC1CCCCCCC1. The second-order valence-corrected chi connectivity index (χ2v) is 7.13. The molecule has 1 aromatic heterocycles. The third-order valence-corrected chi connectivity index (χ3v) is 5.11. The van der Waals surface area contributed by atoms with Crippen molar-refractivity contribution in [2.24, 2.45) is 0 Å². The Morgan fingerprint density at radius 2 is 1.81 bits per heavy atom. The quantitative estimate of drug-likeness (QED) is 0.772. The van der Waals surface area contributed by atoms with Gasteiger partial charge in [-0.25, -0.2) is 0 Å². The van der Waals surface area contributed by atoms with Crippen molar-refractivity contribution >= 4 is 22.8 Å². The van der Waals surface area contributed by atoms with Crippen molar-refractivity contribution in [3.05, 3.63) is 36.0 Å². The molecule has 2 N–H and O–H groups in total. The summed E-state index contributed by atoms with van der Waals surface area (Å²) in [5.41, 5.74) is 2.16. The Morgan fingerprint density at radius 1 is 1.08 bits per heavy atom. The summed E-state index contributed by atoms with van der Waals surface area (Å²) in [7, 11) is 0. The topological polar surface area (TPSA) is 71.2 Å². The summed E-state index contributed by atoms with van der Waals surface area (Å²) in [6.07, 6.45) is 11.0. The molecule has 3 rings (SSSR count). The maximum absolute atomic E-state index is 12.0. The number of amides is 1. The number of benzene rings is 1. The molecule has 0 radical (unpaired) electrons. The van der Waals surface area contributed by atoms with E-state index in [0.29, 0.717) is 6.42 Å². The van der Waals surface area contributed by atoms with Crippen LogP contribution in [0.2, 0.25) is 0 Å². The van der Waals surface area contributed by atoms with Gasteiger partial charge in [-0.1, -0.05) is 50.3 Å². The molecular weight excluding hydrogens is 328 g/mol. The molecule has 5 nitrogen and oxygen atoms in total. The Kier molecular flexibility index (Phi) is 6.69. The molecule has 0 saturated heterocycles. The van der Waals surface area contributed by atoms with Gasteiger partial charge in [0.15, 0.2) is 6.61 Å². The number of carbonyl (C=O) groups excluding carboxylic acids is 2. The molecule has 140 valence electrons. The molecule has 0 aliphatic heterocycles. The molecule has 5 heteroatoms. The molecule has 1 amide bonds. The first-order valence-corrected chi connectivity index (χ1v) is 9.72. The van der Waals surface area contributed by atoms with Crippen LogP contribution in [0.4, 0.5) is 0 Å². The molecule has 1 saturated carbocycles. The van der Waals surface area contributed by atoms with Crippen molar-refractivity contribution in [1.82, 2.24) is 10.3 Å². The minimum atomic E-state index is -0.330. The van der Waals surface area contributed by atoms with Gasteiger partial charge in [0.1, 0.15) is 0 Å². The standard InChI is InChI=1S/C21H28N2O3/c24-20(23-17-8-4-2-1-3-5-9-17)15-26-21(25)13-12-16-14-22-19-11-7-6-10-18(16)19/h6-7,10-11,14,17,22H,1-5,8-9,12-13,15H2,(H,23,24). The highest BCUT2D eigenvalue weighted by Gasteiger charge is 2.15. The maximum Gasteiger partial charge on any atom is 0.306 e. The Hall–Kier alpha value is -2.30. The fraction of sp³-hybridized carbons (Fsp3) is 0.524. The highest BCUT2D eigenvalue weighted by molar-refractivity contribution is 5.84.